The van der Waals surface area contributed by atoms with Gasteiger partial charge in [0, 0.05) is 78.6 Å². The van der Waals surface area contributed by atoms with Crippen molar-refractivity contribution < 1.29 is 13.3 Å². The van der Waals surface area contributed by atoms with Crippen molar-refractivity contribution in [3.8, 4) is 0 Å². The van der Waals surface area contributed by atoms with Crippen LogP contribution in [0.3, 0.4) is 0 Å². The number of hydrogen-bond donors (Lipinski definition) is 0. The van der Waals surface area contributed by atoms with Crippen molar-refractivity contribution in [3.05, 3.63) is 0 Å². The van der Waals surface area contributed by atoms with Crippen molar-refractivity contribution in [2.75, 3.05) is 14.2 Å². The number of thiocarbonyl (C=S) groups is 1. The molecule has 0 aromatic heterocycles. The molecule has 0 atom stereocenters. The third kappa shape index (κ3) is 6.17. The van der Waals surface area contributed by atoms with Gasteiger partial charge < -0.3 is 13.3 Å². The van der Waals surface area contributed by atoms with Gasteiger partial charge in [0.15, 0.2) is 0 Å². The Balaban J connectivity index is 0. The summed E-state index contributed by atoms with van der Waals surface area (Å²) in [6.45, 7) is 3.73. The molecule has 0 unspecified atom stereocenters. The molecule has 0 aromatic rings. The molecule has 0 N–H and O–H groups in total. The molecule has 0 fully saturated rings. The van der Waals surface area contributed by atoms with E-state index in [1.807, 2.05) is 6.92 Å². The minimum absolute atomic E-state index is 0. The fraction of sp³-hybridized carbons (Fsp3) is 0.833. The Bertz CT molecular complexity index is 141. The molecule has 0 saturated heterocycles. The van der Waals surface area contributed by atoms with Gasteiger partial charge in [-0.15, -0.1) is 0 Å². The normalized spacial score (nSPS) is 10.3. The average molecular weight is 233 g/mol. The third-order valence-electron chi connectivity index (χ3n) is 1.33. The van der Waals surface area contributed by atoms with Crippen LogP contribution in [0, 0.1) is 0 Å². The summed E-state index contributed by atoms with van der Waals surface area (Å²) in [6, 6.07) is 0. The monoisotopic (exact) mass is 233 g/mol. The van der Waals surface area contributed by atoms with E-state index < -0.39 is 8.80 Å². The molecule has 67 valence electrons. The van der Waals surface area contributed by atoms with E-state index in [0.29, 0.717) is 11.5 Å². The van der Waals surface area contributed by atoms with E-state index in [-0.39, 0.29) is 51.4 Å². The zero-order chi connectivity index (χ0) is 8.91. The van der Waals surface area contributed by atoms with Gasteiger partial charge in [0.2, 0.25) is 0 Å². The van der Waals surface area contributed by atoms with Gasteiger partial charge in [-0.05, 0) is 12.2 Å². The van der Waals surface area contributed by atoms with E-state index >= 15 is 0 Å². The molecule has 0 aromatic carbocycles. The Morgan fingerprint density at radius 3 is 2.00 bits per heavy atom. The molecule has 0 bridgehead atoms. The third-order valence-corrected chi connectivity index (χ3v) is 3.95. The van der Waals surface area contributed by atoms with E-state index in [4.69, 9.17) is 25.5 Å². The van der Waals surface area contributed by atoms with E-state index in [0.717, 1.165) is 0 Å². The summed E-state index contributed by atoms with van der Waals surface area (Å²) in [6.07, 6.45) is 0.713. The van der Waals surface area contributed by atoms with Crippen LogP contribution in [0.5, 0.6) is 0 Å². The van der Waals surface area contributed by atoms with Crippen molar-refractivity contribution in [2.24, 2.45) is 0 Å². The largest absolute Gasteiger partial charge is 0.562 e. The Labute approximate surface area is 123 Å². The number of rotatable bonds is 4. The Kier molecular flexibility index (Phi) is 10.8. The van der Waals surface area contributed by atoms with Crippen LogP contribution in [0.4, 0.5) is 0 Å². The standard InChI is InChI=1S/C6H14O3SSi.K/c1-5-6(10)9-11(4,7-2)8-3;/h5H2,1-4H3;. The van der Waals surface area contributed by atoms with Crippen LogP contribution in [-0.4, -0.2) is 79.5 Å². The Morgan fingerprint density at radius 2 is 1.75 bits per heavy atom. The Morgan fingerprint density at radius 1 is 1.33 bits per heavy atom. The van der Waals surface area contributed by atoms with Crippen molar-refractivity contribution in [2.45, 2.75) is 19.9 Å². The fourth-order valence-electron chi connectivity index (χ4n) is 0.446. The summed E-state index contributed by atoms with van der Waals surface area (Å²) in [5.74, 6) is 0. The fourth-order valence-corrected chi connectivity index (χ4v) is 1.79. The van der Waals surface area contributed by atoms with Crippen LogP contribution in [0.2, 0.25) is 6.55 Å². The summed E-state index contributed by atoms with van der Waals surface area (Å²) < 4.78 is 15.4. The molecule has 6 heteroatoms. The zero-order valence-electron chi connectivity index (χ0n) is 8.34. The molecule has 0 aliphatic carbocycles. The van der Waals surface area contributed by atoms with E-state index in [1.54, 1.807) is 20.8 Å². The minimum atomic E-state index is -2.42. The molecule has 3 nitrogen and oxygen atoms in total. The summed E-state index contributed by atoms with van der Waals surface area (Å²) >= 11 is 4.89. The quantitative estimate of drug-likeness (QED) is 0.539. The molecule has 0 aliphatic rings. The molecular weight excluding hydrogens is 219 g/mol. The van der Waals surface area contributed by atoms with Gasteiger partial charge in [-0.2, -0.15) is 0 Å². The van der Waals surface area contributed by atoms with Crippen molar-refractivity contribution in [1.82, 2.24) is 0 Å². The summed E-state index contributed by atoms with van der Waals surface area (Å²) in [5.41, 5.74) is 0. The molecule has 0 rings (SSSR count). The first-order chi connectivity index (χ1) is 5.08. The molecule has 0 heterocycles. The molecule has 0 saturated carbocycles. The average Bonchev–Trinajstić information content (AvgIpc) is 2.04. The second-order valence-corrected chi connectivity index (χ2v) is 5.30. The molecule has 0 amide bonds. The van der Waals surface area contributed by atoms with E-state index in [9.17, 15) is 0 Å². The van der Waals surface area contributed by atoms with Crippen LogP contribution in [0.15, 0.2) is 0 Å². The summed E-state index contributed by atoms with van der Waals surface area (Å²) in [4.78, 5) is 0. The van der Waals surface area contributed by atoms with Gasteiger partial charge in [-0.1, -0.05) is 6.92 Å². The van der Waals surface area contributed by atoms with Gasteiger partial charge >= 0.3 is 8.80 Å². The van der Waals surface area contributed by atoms with Gasteiger partial charge in [-0.25, -0.2) is 0 Å². The number of hydrogen-bond acceptors (Lipinski definition) is 4. The van der Waals surface area contributed by atoms with Crippen LogP contribution in [0.1, 0.15) is 13.3 Å². The molecule has 1 radical (unpaired) electrons. The van der Waals surface area contributed by atoms with Gasteiger partial charge in [0.05, 0.1) is 0 Å². The van der Waals surface area contributed by atoms with Crippen molar-refractivity contribution in [3.63, 3.8) is 0 Å². The predicted molar refractivity (Wildman–Crippen MR) is 55.4 cm³/mol. The van der Waals surface area contributed by atoms with Crippen molar-refractivity contribution >= 4 is 77.5 Å². The molecular formula is C6H14KO3SSi. The maximum Gasteiger partial charge on any atom is 0.562 e. The van der Waals surface area contributed by atoms with Crippen molar-refractivity contribution in [1.29, 1.82) is 0 Å². The zero-order valence-corrected chi connectivity index (χ0v) is 13.3. The van der Waals surface area contributed by atoms with Gasteiger partial charge in [-0.3, -0.25) is 0 Å². The van der Waals surface area contributed by atoms with E-state index in [2.05, 4.69) is 0 Å². The topological polar surface area (TPSA) is 27.7 Å². The first-order valence-corrected chi connectivity index (χ1v) is 6.03. The van der Waals surface area contributed by atoms with Gasteiger partial charge in [0.1, 0.15) is 5.05 Å². The van der Waals surface area contributed by atoms with Crippen LogP contribution in [-0.2, 0) is 13.3 Å². The first-order valence-electron chi connectivity index (χ1n) is 3.40. The maximum absolute atomic E-state index is 5.31. The smallest absolute Gasteiger partial charge is 0.495 e. The SMILES string of the molecule is CCC(=S)O[Si](C)(OC)OC.[K]. The summed E-state index contributed by atoms with van der Waals surface area (Å²) in [5, 5.41) is 0.544. The maximum atomic E-state index is 5.31. The van der Waals surface area contributed by atoms with Crippen LogP contribution < -0.4 is 0 Å². The molecule has 0 aliphatic heterocycles. The van der Waals surface area contributed by atoms with E-state index in [1.165, 1.54) is 0 Å². The van der Waals surface area contributed by atoms with Gasteiger partial charge in [0.25, 0.3) is 0 Å². The van der Waals surface area contributed by atoms with Crippen LogP contribution >= 0.6 is 12.2 Å². The first kappa shape index (κ1) is 16.1. The van der Waals surface area contributed by atoms with Crippen LogP contribution in [0.25, 0.3) is 0 Å². The second-order valence-electron chi connectivity index (χ2n) is 2.10. The second kappa shape index (κ2) is 8.01. The molecule has 0 spiro atoms. The minimum Gasteiger partial charge on any atom is -0.495 e. The Hall–Kier alpha value is 1.66. The molecule has 12 heavy (non-hydrogen) atoms. The summed E-state index contributed by atoms with van der Waals surface area (Å²) in [7, 11) is 0.704. The predicted octanol–water partition coefficient (Wildman–Crippen LogP) is 1.22.